The maximum Gasteiger partial charge on any atom is 0.0820 e. The summed E-state index contributed by atoms with van der Waals surface area (Å²) in [5, 5.41) is 7.70. The molecular weight excluding hydrogens is 276 g/mol. The average Bonchev–Trinajstić information content (AvgIpc) is 3.17. The molecule has 2 aliphatic rings. The van der Waals surface area contributed by atoms with Gasteiger partial charge in [-0.3, -0.25) is 15.0 Å². The van der Waals surface area contributed by atoms with Gasteiger partial charge in [-0.15, -0.1) is 0 Å². The number of rotatable bonds is 4. The van der Waals surface area contributed by atoms with Crippen LogP contribution in [0.3, 0.4) is 0 Å². The summed E-state index contributed by atoms with van der Waals surface area (Å²) in [7, 11) is 0. The van der Waals surface area contributed by atoms with Gasteiger partial charge in [-0.2, -0.15) is 5.10 Å². The second kappa shape index (κ2) is 6.18. The molecule has 0 aliphatic carbocycles. The molecule has 22 heavy (non-hydrogen) atoms. The van der Waals surface area contributed by atoms with Crippen LogP contribution in [-0.4, -0.2) is 39.8 Å². The average molecular weight is 298 g/mol. The summed E-state index contributed by atoms with van der Waals surface area (Å²) in [5.74, 6) is 0.744. The van der Waals surface area contributed by atoms with Crippen LogP contribution in [-0.2, 0) is 30.7 Å². The Balaban J connectivity index is 1.36. The number of aromatic nitrogens is 3. The summed E-state index contributed by atoms with van der Waals surface area (Å²) >= 11 is 0. The van der Waals surface area contributed by atoms with Crippen molar-refractivity contribution >= 4 is 0 Å². The molecule has 116 valence electrons. The van der Waals surface area contributed by atoms with Crippen LogP contribution in [0.2, 0.25) is 0 Å². The van der Waals surface area contributed by atoms with Crippen LogP contribution in [0.15, 0.2) is 24.5 Å². The zero-order valence-corrected chi connectivity index (χ0v) is 12.8. The molecule has 1 saturated heterocycles. The molecule has 1 atom stereocenters. The Hall–Kier alpha value is -1.72. The van der Waals surface area contributed by atoms with Crippen molar-refractivity contribution in [2.75, 3.05) is 19.7 Å². The molecule has 5 nitrogen and oxygen atoms in total. The van der Waals surface area contributed by atoms with E-state index >= 15 is 0 Å². The largest absolute Gasteiger partial charge is 0.376 e. The molecule has 4 heterocycles. The van der Waals surface area contributed by atoms with Crippen LogP contribution < -0.4 is 0 Å². The van der Waals surface area contributed by atoms with E-state index < -0.39 is 0 Å². The number of aromatic amines is 1. The third-order valence-corrected chi connectivity index (χ3v) is 4.80. The molecule has 1 unspecified atom stereocenters. The van der Waals surface area contributed by atoms with Gasteiger partial charge in [-0.1, -0.05) is 0 Å². The summed E-state index contributed by atoms with van der Waals surface area (Å²) in [4.78, 5) is 6.62. The lowest BCUT2D eigenvalue weighted by Crippen LogP contribution is -2.22. The smallest absolute Gasteiger partial charge is 0.0820 e. The summed E-state index contributed by atoms with van der Waals surface area (Å²) < 4.78 is 5.58. The van der Waals surface area contributed by atoms with Gasteiger partial charge in [0.15, 0.2) is 0 Å². The first kappa shape index (κ1) is 13.9. The van der Waals surface area contributed by atoms with E-state index in [1.54, 1.807) is 0 Å². The molecule has 1 N–H and O–H groups in total. The van der Waals surface area contributed by atoms with Gasteiger partial charge in [-0.05, 0) is 43.0 Å². The molecule has 0 aromatic carbocycles. The number of H-pyrrole nitrogens is 1. The van der Waals surface area contributed by atoms with Gasteiger partial charge in [0.1, 0.15) is 0 Å². The number of ether oxygens (including phenoxy) is 1. The molecule has 5 heteroatoms. The molecule has 2 aliphatic heterocycles. The van der Waals surface area contributed by atoms with Crippen molar-refractivity contribution in [2.24, 2.45) is 5.92 Å². The Labute approximate surface area is 130 Å². The fourth-order valence-corrected chi connectivity index (χ4v) is 3.59. The fourth-order valence-electron chi connectivity index (χ4n) is 3.59. The summed E-state index contributed by atoms with van der Waals surface area (Å²) in [6, 6.07) is 4.26. The predicted molar refractivity (Wildman–Crippen MR) is 83.3 cm³/mol. The van der Waals surface area contributed by atoms with E-state index in [1.165, 1.54) is 28.9 Å². The molecule has 0 radical (unpaired) electrons. The first-order chi connectivity index (χ1) is 10.9. The molecule has 0 amide bonds. The number of fused-ring (bicyclic) bond motifs is 1. The van der Waals surface area contributed by atoms with Gasteiger partial charge in [0.25, 0.3) is 0 Å². The molecule has 4 rings (SSSR count). The van der Waals surface area contributed by atoms with E-state index in [9.17, 15) is 0 Å². The van der Waals surface area contributed by atoms with Crippen LogP contribution in [0.5, 0.6) is 0 Å². The first-order valence-corrected chi connectivity index (χ1v) is 8.12. The predicted octanol–water partition coefficient (Wildman–Crippen LogP) is 1.94. The Morgan fingerprint density at radius 3 is 3.14 bits per heavy atom. The lowest BCUT2D eigenvalue weighted by Gasteiger charge is -2.17. The number of hydrogen-bond donors (Lipinski definition) is 1. The first-order valence-electron chi connectivity index (χ1n) is 8.12. The minimum Gasteiger partial charge on any atom is -0.376 e. The van der Waals surface area contributed by atoms with E-state index in [1.807, 2.05) is 12.4 Å². The second-order valence-electron chi connectivity index (χ2n) is 6.38. The molecule has 0 saturated carbocycles. The summed E-state index contributed by atoms with van der Waals surface area (Å²) in [6.45, 7) is 4.80. The maximum atomic E-state index is 5.58. The van der Waals surface area contributed by atoms with Crippen molar-refractivity contribution in [3.63, 3.8) is 0 Å². The minimum absolute atomic E-state index is 0.718. The zero-order valence-electron chi connectivity index (χ0n) is 12.8. The third-order valence-electron chi connectivity index (χ3n) is 4.80. The van der Waals surface area contributed by atoms with Crippen LogP contribution in [0.4, 0.5) is 0 Å². The van der Waals surface area contributed by atoms with Crippen LogP contribution in [0.25, 0.3) is 0 Å². The highest BCUT2D eigenvalue weighted by molar-refractivity contribution is 5.26. The molecule has 0 bridgehead atoms. The molecule has 1 fully saturated rings. The van der Waals surface area contributed by atoms with Crippen LogP contribution in [0, 0.1) is 5.92 Å². The van der Waals surface area contributed by atoms with Crippen molar-refractivity contribution in [3.8, 4) is 0 Å². The zero-order chi connectivity index (χ0) is 14.8. The number of hydrogen-bond acceptors (Lipinski definition) is 4. The van der Waals surface area contributed by atoms with Gasteiger partial charge in [0, 0.05) is 43.2 Å². The van der Waals surface area contributed by atoms with Crippen LogP contribution >= 0.6 is 0 Å². The van der Waals surface area contributed by atoms with E-state index in [0.29, 0.717) is 0 Å². The van der Waals surface area contributed by atoms with Crippen molar-refractivity contribution in [2.45, 2.75) is 32.4 Å². The monoisotopic (exact) mass is 298 g/mol. The highest BCUT2D eigenvalue weighted by Gasteiger charge is 2.25. The Bertz CT molecular complexity index is 625. The van der Waals surface area contributed by atoms with Crippen molar-refractivity contribution in [1.82, 2.24) is 20.1 Å². The topological polar surface area (TPSA) is 54.0 Å². The highest BCUT2D eigenvalue weighted by atomic mass is 16.5. The number of likely N-dealkylation sites (tertiary alicyclic amines) is 1. The number of pyridine rings is 1. The van der Waals surface area contributed by atoms with E-state index in [4.69, 9.17) is 4.74 Å². The SMILES string of the molecule is c1cc(CC2CCN(Cc3n[nH]c4c3COCC4)C2)ccn1. The number of nitrogens with zero attached hydrogens (tertiary/aromatic N) is 3. The van der Waals surface area contributed by atoms with E-state index in [-0.39, 0.29) is 0 Å². The van der Waals surface area contributed by atoms with E-state index in [0.717, 1.165) is 51.6 Å². The van der Waals surface area contributed by atoms with Crippen LogP contribution in [0.1, 0.15) is 28.9 Å². The second-order valence-corrected chi connectivity index (χ2v) is 6.38. The van der Waals surface area contributed by atoms with Crippen molar-refractivity contribution in [3.05, 3.63) is 47.0 Å². The van der Waals surface area contributed by atoms with Gasteiger partial charge in [-0.25, -0.2) is 0 Å². The fraction of sp³-hybridized carbons (Fsp3) is 0.529. The molecule has 0 spiro atoms. The maximum absolute atomic E-state index is 5.58. The quantitative estimate of drug-likeness (QED) is 0.937. The molecular formula is C17H22N4O. The summed E-state index contributed by atoms with van der Waals surface area (Å²) in [5.41, 5.74) is 5.14. The summed E-state index contributed by atoms with van der Waals surface area (Å²) in [6.07, 6.45) is 7.16. The van der Waals surface area contributed by atoms with Gasteiger partial charge >= 0.3 is 0 Å². The Morgan fingerprint density at radius 2 is 2.23 bits per heavy atom. The van der Waals surface area contributed by atoms with Gasteiger partial charge in [0.2, 0.25) is 0 Å². The Morgan fingerprint density at radius 1 is 1.32 bits per heavy atom. The highest BCUT2D eigenvalue weighted by Crippen LogP contribution is 2.24. The molecule has 2 aromatic heterocycles. The van der Waals surface area contributed by atoms with Gasteiger partial charge in [0.05, 0.1) is 18.9 Å². The standard InChI is InChI=1S/C17H22N4O/c1-5-18-6-2-13(1)9-14-3-7-21(10-14)11-17-15-12-22-8-4-16(15)19-20-17/h1-2,5-6,14H,3-4,7-12H2,(H,19,20). The normalized spacial score (nSPS) is 21.9. The van der Waals surface area contributed by atoms with Gasteiger partial charge < -0.3 is 4.74 Å². The van der Waals surface area contributed by atoms with Crippen molar-refractivity contribution in [1.29, 1.82) is 0 Å². The van der Waals surface area contributed by atoms with E-state index in [2.05, 4.69) is 32.2 Å². The third kappa shape index (κ3) is 2.91. The Kier molecular flexibility index (Phi) is 3.91. The van der Waals surface area contributed by atoms with Crippen molar-refractivity contribution < 1.29 is 4.74 Å². The minimum atomic E-state index is 0.718. The lowest BCUT2D eigenvalue weighted by molar-refractivity contribution is 0.109. The number of nitrogens with one attached hydrogen (secondary N) is 1. The molecule has 2 aromatic rings. The lowest BCUT2D eigenvalue weighted by atomic mass is 10.00.